The third kappa shape index (κ3) is 3.27. The standard InChI is InChI=1S/C22H18ClNO6/c1-12-9-14(21(28-2)15(23)10-12)19(25)17-18(16-6-4-8-30-16)24(22(27)20(17)26)11-13-5-3-7-29-13/h3-10,18,25H,11H2,1-2H3/b19-17-. The van der Waals surface area contributed by atoms with Crippen molar-refractivity contribution in [2.45, 2.75) is 19.5 Å². The minimum absolute atomic E-state index is 0.0332. The van der Waals surface area contributed by atoms with Crippen LogP contribution in [-0.2, 0) is 16.1 Å². The van der Waals surface area contributed by atoms with Gasteiger partial charge in [-0.25, -0.2) is 0 Å². The van der Waals surface area contributed by atoms with Crippen LogP contribution in [0.1, 0.15) is 28.7 Å². The molecular weight excluding hydrogens is 410 g/mol. The number of ether oxygens (including phenoxy) is 1. The van der Waals surface area contributed by atoms with Gasteiger partial charge in [0.25, 0.3) is 11.7 Å². The van der Waals surface area contributed by atoms with Crippen LogP contribution >= 0.6 is 11.6 Å². The smallest absolute Gasteiger partial charge is 0.296 e. The summed E-state index contributed by atoms with van der Waals surface area (Å²) in [6.07, 6.45) is 2.92. The zero-order valence-electron chi connectivity index (χ0n) is 16.2. The Morgan fingerprint density at radius 3 is 2.57 bits per heavy atom. The molecular formula is C22H18ClNO6. The Morgan fingerprint density at radius 2 is 1.93 bits per heavy atom. The maximum absolute atomic E-state index is 13.0. The zero-order chi connectivity index (χ0) is 21.4. The molecule has 1 atom stereocenters. The highest BCUT2D eigenvalue weighted by atomic mass is 35.5. The van der Waals surface area contributed by atoms with Gasteiger partial charge in [0.1, 0.15) is 29.1 Å². The van der Waals surface area contributed by atoms with Crippen LogP contribution in [0.5, 0.6) is 5.75 Å². The Labute approximate surface area is 177 Å². The third-order valence-electron chi connectivity index (χ3n) is 4.91. The van der Waals surface area contributed by atoms with Gasteiger partial charge >= 0.3 is 0 Å². The normalized spacial score (nSPS) is 18.2. The van der Waals surface area contributed by atoms with Gasteiger partial charge in [-0.05, 0) is 48.9 Å². The van der Waals surface area contributed by atoms with Crippen molar-refractivity contribution in [1.29, 1.82) is 0 Å². The molecule has 2 aromatic heterocycles. The molecule has 30 heavy (non-hydrogen) atoms. The average Bonchev–Trinajstić information content (AvgIpc) is 3.46. The molecule has 154 valence electrons. The fourth-order valence-corrected chi connectivity index (χ4v) is 3.96. The van der Waals surface area contributed by atoms with E-state index in [1.807, 2.05) is 0 Å². The van der Waals surface area contributed by atoms with E-state index in [1.165, 1.54) is 24.5 Å². The number of hydrogen-bond donors (Lipinski definition) is 1. The quantitative estimate of drug-likeness (QED) is 0.367. The number of aliphatic hydroxyl groups excluding tert-OH is 1. The molecule has 0 bridgehead atoms. The summed E-state index contributed by atoms with van der Waals surface area (Å²) in [5.41, 5.74) is 0.859. The molecule has 0 saturated carbocycles. The van der Waals surface area contributed by atoms with Gasteiger partial charge in [-0.2, -0.15) is 0 Å². The second kappa shape index (κ2) is 7.76. The lowest BCUT2D eigenvalue weighted by Gasteiger charge is -2.22. The molecule has 0 radical (unpaired) electrons. The molecule has 3 heterocycles. The molecule has 1 aliphatic heterocycles. The number of likely N-dealkylation sites (tertiary alicyclic amines) is 1. The van der Waals surface area contributed by atoms with Crippen LogP contribution in [-0.4, -0.2) is 28.8 Å². The number of furan rings is 2. The number of benzene rings is 1. The lowest BCUT2D eigenvalue weighted by molar-refractivity contribution is -0.140. The van der Waals surface area contributed by atoms with E-state index >= 15 is 0 Å². The van der Waals surface area contributed by atoms with Crippen LogP contribution in [0.15, 0.2) is 63.3 Å². The number of amides is 1. The van der Waals surface area contributed by atoms with Crippen LogP contribution in [0.4, 0.5) is 0 Å². The van der Waals surface area contributed by atoms with Gasteiger partial charge in [0.15, 0.2) is 0 Å². The topological polar surface area (TPSA) is 93.1 Å². The summed E-state index contributed by atoms with van der Waals surface area (Å²) in [5.74, 6) is -0.966. The molecule has 0 spiro atoms. The number of halogens is 1. The predicted octanol–water partition coefficient (Wildman–Crippen LogP) is 4.46. The number of carbonyl (C=O) groups is 2. The number of ketones is 1. The van der Waals surface area contributed by atoms with Gasteiger partial charge in [0.2, 0.25) is 0 Å². The fourth-order valence-electron chi connectivity index (χ4n) is 3.61. The fraction of sp³-hybridized carbons (Fsp3) is 0.182. The summed E-state index contributed by atoms with van der Waals surface area (Å²) in [4.78, 5) is 27.1. The highest BCUT2D eigenvalue weighted by molar-refractivity contribution is 6.46. The Hall–Kier alpha value is -3.45. The molecule has 3 aromatic rings. The number of nitrogens with zero attached hydrogens (tertiary/aromatic N) is 1. The number of methoxy groups -OCH3 is 1. The third-order valence-corrected chi connectivity index (χ3v) is 5.19. The predicted molar refractivity (Wildman–Crippen MR) is 108 cm³/mol. The monoisotopic (exact) mass is 427 g/mol. The van der Waals surface area contributed by atoms with E-state index in [4.69, 9.17) is 25.2 Å². The molecule has 8 heteroatoms. The number of hydrogen-bond acceptors (Lipinski definition) is 6. The summed E-state index contributed by atoms with van der Waals surface area (Å²) >= 11 is 6.26. The molecule has 1 amide bonds. The maximum Gasteiger partial charge on any atom is 0.296 e. The molecule has 1 aromatic carbocycles. The second-order valence-corrected chi connectivity index (χ2v) is 7.26. The lowest BCUT2D eigenvalue weighted by atomic mass is 9.98. The molecule has 1 saturated heterocycles. The van der Waals surface area contributed by atoms with Crippen LogP contribution in [0.2, 0.25) is 5.02 Å². The van der Waals surface area contributed by atoms with Gasteiger partial charge in [0.05, 0.1) is 42.3 Å². The van der Waals surface area contributed by atoms with Gasteiger partial charge in [-0.3, -0.25) is 9.59 Å². The molecule has 7 nitrogen and oxygen atoms in total. The van der Waals surface area contributed by atoms with E-state index in [0.29, 0.717) is 11.5 Å². The number of rotatable bonds is 5. The summed E-state index contributed by atoms with van der Waals surface area (Å²) in [6, 6.07) is 9.05. The van der Waals surface area contributed by atoms with Crippen molar-refractivity contribution in [3.63, 3.8) is 0 Å². The molecule has 1 N–H and O–H groups in total. The lowest BCUT2D eigenvalue weighted by Crippen LogP contribution is -2.28. The Bertz CT molecular complexity index is 1130. The maximum atomic E-state index is 13.0. The van der Waals surface area contributed by atoms with Crippen LogP contribution in [0.25, 0.3) is 5.76 Å². The summed E-state index contributed by atoms with van der Waals surface area (Å²) < 4.78 is 16.2. The summed E-state index contributed by atoms with van der Waals surface area (Å²) in [5, 5.41) is 11.4. The van der Waals surface area contributed by atoms with Crippen molar-refractivity contribution in [2.75, 3.05) is 7.11 Å². The molecule has 1 fully saturated rings. The van der Waals surface area contributed by atoms with Crippen molar-refractivity contribution >= 4 is 29.1 Å². The molecule has 1 aliphatic rings. The molecule has 1 unspecified atom stereocenters. The van der Waals surface area contributed by atoms with Crippen LogP contribution < -0.4 is 4.74 Å². The number of aliphatic hydroxyl groups is 1. The van der Waals surface area contributed by atoms with E-state index in [0.717, 1.165) is 5.56 Å². The van der Waals surface area contributed by atoms with Gasteiger partial charge in [0, 0.05) is 0 Å². The largest absolute Gasteiger partial charge is 0.507 e. The zero-order valence-corrected chi connectivity index (χ0v) is 17.0. The molecule has 4 rings (SSSR count). The van der Waals surface area contributed by atoms with E-state index in [9.17, 15) is 14.7 Å². The van der Waals surface area contributed by atoms with Crippen LogP contribution in [0, 0.1) is 6.92 Å². The van der Waals surface area contributed by atoms with Crippen molar-refractivity contribution in [2.24, 2.45) is 0 Å². The molecule has 0 aliphatic carbocycles. The van der Waals surface area contributed by atoms with E-state index in [-0.39, 0.29) is 34.2 Å². The van der Waals surface area contributed by atoms with Crippen molar-refractivity contribution in [1.82, 2.24) is 4.90 Å². The van der Waals surface area contributed by atoms with Gasteiger partial charge in [-0.1, -0.05) is 11.6 Å². The number of carbonyl (C=O) groups excluding carboxylic acids is 2. The minimum Gasteiger partial charge on any atom is -0.507 e. The second-order valence-electron chi connectivity index (χ2n) is 6.85. The van der Waals surface area contributed by atoms with Crippen molar-refractivity contribution in [3.05, 3.63) is 82.2 Å². The first kappa shape index (κ1) is 19.8. The van der Waals surface area contributed by atoms with E-state index in [2.05, 4.69) is 0 Å². The van der Waals surface area contributed by atoms with Crippen LogP contribution in [0.3, 0.4) is 0 Å². The first-order valence-electron chi connectivity index (χ1n) is 9.11. The Kier molecular flexibility index (Phi) is 5.13. The average molecular weight is 428 g/mol. The van der Waals surface area contributed by atoms with Gasteiger partial charge < -0.3 is 23.6 Å². The highest BCUT2D eigenvalue weighted by Gasteiger charge is 2.48. The van der Waals surface area contributed by atoms with Crippen molar-refractivity contribution in [3.8, 4) is 5.75 Å². The minimum atomic E-state index is -0.936. The number of Topliss-reactive ketones (excluding diaryl/α,β-unsaturated/α-hetero) is 1. The summed E-state index contributed by atoms with van der Waals surface area (Å²) in [7, 11) is 1.41. The van der Waals surface area contributed by atoms with E-state index < -0.39 is 17.7 Å². The Morgan fingerprint density at radius 1 is 1.20 bits per heavy atom. The Balaban J connectivity index is 1.91. The first-order valence-corrected chi connectivity index (χ1v) is 9.49. The SMILES string of the molecule is COc1c(Cl)cc(C)cc1/C(O)=C1/C(=O)C(=O)N(Cc2ccco2)C1c1ccco1. The van der Waals surface area contributed by atoms with E-state index in [1.54, 1.807) is 43.3 Å². The number of aryl methyl sites for hydroxylation is 1. The summed E-state index contributed by atoms with van der Waals surface area (Å²) in [6.45, 7) is 1.83. The van der Waals surface area contributed by atoms with Crippen molar-refractivity contribution < 1.29 is 28.3 Å². The van der Waals surface area contributed by atoms with Gasteiger partial charge in [-0.15, -0.1) is 0 Å². The highest BCUT2D eigenvalue weighted by Crippen LogP contribution is 2.43. The first-order chi connectivity index (χ1) is 14.4.